The van der Waals surface area contributed by atoms with Gasteiger partial charge in [0.25, 0.3) is 5.91 Å². The molecule has 1 aliphatic heterocycles. The molecule has 1 aliphatic rings. The number of para-hydroxylation sites is 1. The van der Waals surface area contributed by atoms with Crippen molar-refractivity contribution in [2.24, 2.45) is 0 Å². The number of ether oxygens (including phenoxy) is 1. The van der Waals surface area contributed by atoms with Gasteiger partial charge in [-0.3, -0.25) is 14.6 Å². The number of aryl methyl sites for hydroxylation is 1. The number of aromatic nitrogens is 1. The van der Waals surface area contributed by atoms with E-state index in [9.17, 15) is 27.6 Å². The first-order valence-electron chi connectivity index (χ1n) is 13.1. The first-order chi connectivity index (χ1) is 20.1. The van der Waals surface area contributed by atoms with E-state index in [1.54, 1.807) is 47.9 Å². The van der Waals surface area contributed by atoms with Gasteiger partial charge in [0.1, 0.15) is 18.4 Å². The third-order valence-electron chi connectivity index (χ3n) is 6.95. The number of carbonyl (C=O) groups is 3. The summed E-state index contributed by atoms with van der Waals surface area (Å²) in [6, 6.07) is 22.7. The molecule has 2 heterocycles. The van der Waals surface area contributed by atoms with Crippen LogP contribution in [0.25, 0.3) is 10.9 Å². The van der Waals surface area contributed by atoms with Crippen LogP contribution in [0.3, 0.4) is 0 Å². The molecule has 216 valence electrons. The second-order valence-electron chi connectivity index (χ2n) is 9.91. The van der Waals surface area contributed by atoms with E-state index in [1.807, 2.05) is 43.3 Å². The lowest BCUT2D eigenvalue weighted by Gasteiger charge is -2.35. The number of fused-ring (bicyclic) bond motifs is 2. The normalized spacial score (nSPS) is 14.7. The van der Waals surface area contributed by atoms with Crippen molar-refractivity contribution in [1.29, 1.82) is 0 Å². The Kier molecular flexibility index (Phi) is 8.10. The van der Waals surface area contributed by atoms with E-state index in [1.165, 1.54) is 4.90 Å². The molecular formula is C31H26F3N3O5. The molecule has 0 unspecified atom stereocenters. The maximum absolute atomic E-state index is 13.4. The SMILES string of the molecule is Cc1cc(COc2ccc(CC(=O)N3Cc4ccccc4C[C@@H]3C(=O)NOC(=O)C(F)(F)F)cc2)c2ccccc2n1. The van der Waals surface area contributed by atoms with Crippen LogP contribution >= 0.6 is 0 Å². The fourth-order valence-electron chi connectivity index (χ4n) is 4.90. The van der Waals surface area contributed by atoms with E-state index in [0.717, 1.165) is 33.3 Å². The van der Waals surface area contributed by atoms with Crippen molar-refractivity contribution in [1.82, 2.24) is 15.4 Å². The Hall–Kier alpha value is -4.93. The summed E-state index contributed by atoms with van der Waals surface area (Å²) in [4.78, 5) is 47.0. The lowest BCUT2D eigenvalue weighted by molar-refractivity contribution is -0.208. The van der Waals surface area contributed by atoms with Crippen molar-refractivity contribution in [2.45, 2.75) is 45.1 Å². The molecule has 42 heavy (non-hydrogen) atoms. The van der Waals surface area contributed by atoms with E-state index >= 15 is 0 Å². The Bertz CT molecular complexity index is 1640. The Labute approximate surface area is 239 Å². The molecule has 1 aromatic heterocycles. The number of hydrogen-bond donors (Lipinski definition) is 1. The van der Waals surface area contributed by atoms with Gasteiger partial charge in [-0.05, 0) is 47.9 Å². The van der Waals surface area contributed by atoms with Gasteiger partial charge in [0, 0.05) is 29.6 Å². The summed E-state index contributed by atoms with van der Waals surface area (Å²) < 4.78 is 43.6. The summed E-state index contributed by atoms with van der Waals surface area (Å²) in [5, 5.41) is 1.00. The van der Waals surface area contributed by atoms with Crippen LogP contribution in [0.1, 0.15) is 27.9 Å². The molecule has 8 nitrogen and oxygen atoms in total. The molecule has 0 radical (unpaired) electrons. The number of alkyl halides is 3. The molecule has 5 rings (SSSR count). The van der Waals surface area contributed by atoms with Crippen molar-refractivity contribution in [3.8, 4) is 5.75 Å². The quantitative estimate of drug-likeness (QED) is 0.332. The molecule has 11 heteroatoms. The minimum atomic E-state index is -5.27. The summed E-state index contributed by atoms with van der Waals surface area (Å²) >= 11 is 0. The molecule has 0 aliphatic carbocycles. The number of amides is 2. The molecule has 0 fully saturated rings. The maximum Gasteiger partial charge on any atom is 0.493 e. The molecule has 1 N–H and O–H groups in total. The van der Waals surface area contributed by atoms with Crippen molar-refractivity contribution in [2.75, 3.05) is 0 Å². The number of rotatable bonds is 6. The zero-order chi connectivity index (χ0) is 29.9. The van der Waals surface area contributed by atoms with E-state index in [-0.39, 0.29) is 19.4 Å². The highest BCUT2D eigenvalue weighted by Crippen LogP contribution is 2.26. The number of benzene rings is 3. The second kappa shape index (κ2) is 11.9. The first-order valence-corrected chi connectivity index (χ1v) is 13.1. The van der Waals surface area contributed by atoms with Crippen LogP contribution in [0.4, 0.5) is 13.2 Å². The molecule has 4 aromatic rings. The highest BCUT2D eigenvalue weighted by molar-refractivity contribution is 5.90. The Balaban J connectivity index is 1.26. The van der Waals surface area contributed by atoms with E-state index in [4.69, 9.17) is 4.74 Å². The van der Waals surface area contributed by atoms with Gasteiger partial charge in [-0.15, -0.1) is 0 Å². The number of nitrogens with one attached hydrogen (secondary N) is 1. The molecular weight excluding hydrogens is 551 g/mol. The third-order valence-corrected chi connectivity index (χ3v) is 6.95. The summed E-state index contributed by atoms with van der Waals surface area (Å²) in [5.41, 5.74) is 6.55. The monoisotopic (exact) mass is 577 g/mol. The molecule has 0 saturated heterocycles. The highest BCUT2D eigenvalue weighted by atomic mass is 19.4. The van der Waals surface area contributed by atoms with Gasteiger partial charge in [0.2, 0.25) is 5.91 Å². The van der Waals surface area contributed by atoms with E-state index in [0.29, 0.717) is 17.9 Å². The number of halogens is 3. The van der Waals surface area contributed by atoms with Gasteiger partial charge in [-0.25, -0.2) is 4.79 Å². The minimum Gasteiger partial charge on any atom is -0.489 e. The topological polar surface area (TPSA) is 97.8 Å². The zero-order valence-corrected chi connectivity index (χ0v) is 22.5. The van der Waals surface area contributed by atoms with Crippen molar-refractivity contribution >= 4 is 28.7 Å². The molecule has 0 saturated carbocycles. The summed E-state index contributed by atoms with van der Waals surface area (Å²) in [6.45, 7) is 2.32. The predicted molar refractivity (Wildman–Crippen MR) is 146 cm³/mol. The largest absolute Gasteiger partial charge is 0.493 e. The van der Waals surface area contributed by atoms with Crippen LogP contribution in [0.15, 0.2) is 78.9 Å². The first kappa shape index (κ1) is 28.6. The number of nitrogens with zero attached hydrogens (tertiary/aromatic N) is 2. The van der Waals surface area contributed by atoms with Crippen LogP contribution in [-0.4, -0.2) is 39.9 Å². The number of hydroxylamine groups is 1. The number of pyridine rings is 1. The van der Waals surface area contributed by atoms with Gasteiger partial charge in [-0.2, -0.15) is 18.7 Å². The Morgan fingerprint density at radius 3 is 2.40 bits per heavy atom. The molecule has 0 bridgehead atoms. The van der Waals surface area contributed by atoms with E-state index in [2.05, 4.69) is 9.82 Å². The van der Waals surface area contributed by atoms with Crippen LogP contribution in [0.5, 0.6) is 5.75 Å². The van der Waals surface area contributed by atoms with Crippen LogP contribution in [0.2, 0.25) is 0 Å². The molecule has 3 aromatic carbocycles. The molecule has 2 amide bonds. The number of carbonyl (C=O) groups excluding carboxylic acids is 3. The third kappa shape index (κ3) is 6.51. The lowest BCUT2D eigenvalue weighted by Crippen LogP contribution is -2.53. The standard InChI is InChI=1S/C31H26F3N3O5/c1-19-14-23(25-8-4-5-9-26(25)35-19)18-41-24-12-10-20(11-13-24)15-28(38)37-17-22-7-3-2-6-21(22)16-27(37)29(39)36-42-30(40)31(32,33)34/h2-14,27H,15-18H2,1H3,(H,36,39)/t27-/m1/s1. The van der Waals surface area contributed by atoms with E-state index < -0.39 is 30.0 Å². The van der Waals surface area contributed by atoms with Crippen molar-refractivity contribution < 1.29 is 37.1 Å². The Morgan fingerprint density at radius 2 is 1.67 bits per heavy atom. The van der Waals surface area contributed by atoms with Gasteiger partial charge in [-0.1, -0.05) is 54.6 Å². The van der Waals surface area contributed by atoms with Crippen LogP contribution in [-0.2, 0) is 45.2 Å². The number of hydrogen-bond acceptors (Lipinski definition) is 6. The molecule has 0 spiro atoms. The minimum absolute atomic E-state index is 0.0489. The Morgan fingerprint density at radius 1 is 0.976 bits per heavy atom. The average molecular weight is 578 g/mol. The van der Waals surface area contributed by atoms with Gasteiger partial charge in [0.15, 0.2) is 0 Å². The van der Waals surface area contributed by atoms with Gasteiger partial charge >= 0.3 is 12.1 Å². The van der Waals surface area contributed by atoms with Crippen molar-refractivity contribution in [3.05, 3.63) is 107 Å². The molecule has 1 atom stereocenters. The summed E-state index contributed by atoms with van der Waals surface area (Å²) in [7, 11) is 0. The second-order valence-corrected chi connectivity index (χ2v) is 9.91. The smallest absolute Gasteiger partial charge is 0.489 e. The average Bonchev–Trinajstić information content (AvgIpc) is 2.97. The summed E-state index contributed by atoms with van der Waals surface area (Å²) in [5.74, 6) is -3.41. The van der Waals surface area contributed by atoms with Crippen molar-refractivity contribution in [3.63, 3.8) is 0 Å². The zero-order valence-electron chi connectivity index (χ0n) is 22.5. The van der Waals surface area contributed by atoms with Crippen LogP contribution in [0, 0.1) is 6.92 Å². The fourth-order valence-corrected chi connectivity index (χ4v) is 4.90. The highest BCUT2D eigenvalue weighted by Gasteiger charge is 2.43. The summed E-state index contributed by atoms with van der Waals surface area (Å²) in [6.07, 6.45) is -5.29. The predicted octanol–water partition coefficient (Wildman–Crippen LogP) is 4.75. The van der Waals surface area contributed by atoms with Gasteiger partial charge in [0.05, 0.1) is 11.9 Å². The van der Waals surface area contributed by atoms with Gasteiger partial charge < -0.3 is 14.5 Å². The van der Waals surface area contributed by atoms with Crippen LogP contribution < -0.4 is 10.2 Å². The maximum atomic E-state index is 13.4. The lowest BCUT2D eigenvalue weighted by atomic mass is 9.93. The fraction of sp³-hybridized carbons (Fsp3) is 0.226.